The van der Waals surface area contributed by atoms with E-state index >= 15 is 0 Å². The Morgan fingerprint density at radius 2 is 1.35 bits per heavy atom. The SMILES string of the molecule is C/C=C/c1ccc(-c2ccc(C#Cc3cc(F)c(O/C=C/C(F)F)c(F)c3)cc2)cc1. The molecule has 0 unspecified atom stereocenters. The van der Waals surface area contributed by atoms with Gasteiger partial charge in [-0.05, 0) is 47.9 Å². The number of halogens is 4. The Balaban J connectivity index is 1.74. The van der Waals surface area contributed by atoms with Crippen molar-refractivity contribution in [2.45, 2.75) is 13.3 Å². The van der Waals surface area contributed by atoms with Crippen LogP contribution >= 0.6 is 0 Å². The second kappa shape index (κ2) is 10.3. The summed E-state index contributed by atoms with van der Waals surface area (Å²) in [5.41, 5.74) is 3.98. The monoisotopic (exact) mass is 422 g/mol. The van der Waals surface area contributed by atoms with Crippen LogP contribution in [-0.4, -0.2) is 6.43 Å². The molecule has 0 aliphatic carbocycles. The quantitative estimate of drug-likeness (QED) is 0.240. The van der Waals surface area contributed by atoms with E-state index in [-0.39, 0.29) is 5.56 Å². The summed E-state index contributed by atoms with van der Waals surface area (Å²) in [6, 6.07) is 17.6. The fourth-order valence-corrected chi connectivity index (χ4v) is 2.78. The molecule has 3 aromatic rings. The van der Waals surface area contributed by atoms with Crippen molar-refractivity contribution in [3.8, 4) is 28.7 Å². The van der Waals surface area contributed by atoms with Crippen molar-refractivity contribution >= 4 is 6.08 Å². The van der Waals surface area contributed by atoms with E-state index in [9.17, 15) is 17.6 Å². The van der Waals surface area contributed by atoms with Gasteiger partial charge in [-0.3, -0.25) is 0 Å². The maximum atomic E-state index is 14.0. The molecule has 0 saturated heterocycles. The van der Waals surface area contributed by atoms with Crippen molar-refractivity contribution in [1.29, 1.82) is 0 Å². The average molecular weight is 422 g/mol. The summed E-state index contributed by atoms with van der Waals surface area (Å²) >= 11 is 0. The van der Waals surface area contributed by atoms with Crippen LogP contribution in [0.15, 0.2) is 79.1 Å². The normalized spacial score (nSPS) is 11.2. The lowest BCUT2D eigenvalue weighted by atomic mass is 10.0. The molecule has 0 saturated carbocycles. The predicted molar refractivity (Wildman–Crippen MR) is 115 cm³/mol. The first kappa shape index (κ1) is 21.9. The molecule has 0 heterocycles. The number of rotatable bonds is 5. The average Bonchev–Trinajstić information content (AvgIpc) is 2.75. The van der Waals surface area contributed by atoms with E-state index in [0.29, 0.717) is 17.9 Å². The number of hydrogen-bond donors (Lipinski definition) is 0. The fourth-order valence-electron chi connectivity index (χ4n) is 2.78. The van der Waals surface area contributed by atoms with Crippen LogP contribution in [0.5, 0.6) is 5.75 Å². The Morgan fingerprint density at radius 1 is 0.806 bits per heavy atom. The Labute approximate surface area is 178 Å². The van der Waals surface area contributed by atoms with E-state index < -0.39 is 23.8 Å². The van der Waals surface area contributed by atoms with Gasteiger partial charge in [-0.15, -0.1) is 0 Å². The summed E-state index contributed by atoms with van der Waals surface area (Å²) in [5, 5.41) is 0. The maximum absolute atomic E-state index is 14.0. The standard InChI is InChI=1S/C26H18F4O/c1-2-3-18-6-10-21(11-7-18)22-12-8-19(9-13-22)4-5-20-16-23(27)26(24(28)17-20)31-15-14-25(29)30/h2-3,6-17,25H,1H3/b3-2+,15-14+. The number of allylic oxidation sites excluding steroid dienone is 2. The zero-order valence-electron chi connectivity index (χ0n) is 16.6. The summed E-state index contributed by atoms with van der Waals surface area (Å²) in [7, 11) is 0. The molecule has 0 aromatic heterocycles. The fraction of sp³-hybridized carbons (Fsp3) is 0.0769. The van der Waals surface area contributed by atoms with Gasteiger partial charge in [-0.25, -0.2) is 17.6 Å². The van der Waals surface area contributed by atoms with Gasteiger partial charge in [0.1, 0.15) is 0 Å². The maximum Gasteiger partial charge on any atom is 0.260 e. The van der Waals surface area contributed by atoms with Gasteiger partial charge < -0.3 is 4.74 Å². The first-order chi connectivity index (χ1) is 15.0. The van der Waals surface area contributed by atoms with Crippen LogP contribution in [0.1, 0.15) is 23.6 Å². The summed E-state index contributed by atoms with van der Waals surface area (Å²) in [5.74, 6) is 2.73. The molecule has 0 amide bonds. The molecule has 31 heavy (non-hydrogen) atoms. The topological polar surface area (TPSA) is 9.23 Å². The molecule has 0 spiro atoms. The molecular weight excluding hydrogens is 404 g/mol. The number of ether oxygens (including phenoxy) is 1. The molecule has 0 radical (unpaired) electrons. The molecule has 0 fully saturated rings. The molecule has 0 bridgehead atoms. The second-order valence-electron chi connectivity index (χ2n) is 6.50. The Bertz CT molecular complexity index is 1130. The van der Waals surface area contributed by atoms with Crippen molar-refractivity contribution in [2.75, 3.05) is 0 Å². The molecule has 1 nitrogen and oxygen atoms in total. The van der Waals surface area contributed by atoms with Gasteiger partial charge in [-0.1, -0.05) is 60.4 Å². The van der Waals surface area contributed by atoms with Gasteiger partial charge in [0.05, 0.1) is 6.26 Å². The van der Waals surface area contributed by atoms with Crippen LogP contribution < -0.4 is 4.74 Å². The van der Waals surface area contributed by atoms with Gasteiger partial charge >= 0.3 is 0 Å². The third kappa shape index (κ3) is 6.10. The molecule has 0 aliphatic heterocycles. The Kier molecular flexibility index (Phi) is 7.29. The van der Waals surface area contributed by atoms with Crippen LogP contribution in [0.3, 0.4) is 0 Å². The highest BCUT2D eigenvalue weighted by Crippen LogP contribution is 2.24. The van der Waals surface area contributed by atoms with E-state index in [0.717, 1.165) is 28.8 Å². The van der Waals surface area contributed by atoms with Gasteiger partial charge in [0.2, 0.25) is 0 Å². The minimum absolute atomic E-state index is 0.101. The third-order valence-electron chi connectivity index (χ3n) is 4.25. The predicted octanol–water partition coefficient (Wildman–Crippen LogP) is 7.22. The Morgan fingerprint density at radius 3 is 1.90 bits per heavy atom. The number of hydrogen-bond acceptors (Lipinski definition) is 1. The minimum atomic E-state index is -2.78. The summed E-state index contributed by atoms with van der Waals surface area (Å²) in [6.07, 6.45) is 2.15. The second-order valence-corrected chi connectivity index (χ2v) is 6.50. The van der Waals surface area contributed by atoms with E-state index in [2.05, 4.69) is 16.6 Å². The minimum Gasteiger partial charge on any atom is -0.459 e. The molecule has 3 rings (SSSR count). The summed E-state index contributed by atoms with van der Waals surface area (Å²) < 4.78 is 56.8. The first-order valence-electron chi connectivity index (χ1n) is 9.42. The van der Waals surface area contributed by atoms with Gasteiger partial charge in [-0.2, -0.15) is 0 Å². The zero-order chi connectivity index (χ0) is 22.2. The van der Waals surface area contributed by atoms with Crippen LogP contribution in [0.2, 0.25) is 0 Å². The molecule has 3 aromatic carbocycles. The van der Waals surface area contributed by atoms with E-state index in [4.69, 9.17) is 0 Å². The van der Waals surface area contributed by atoms with Crippen LogP contribution in [0, 0.1) is 23.5 Å². The smallest absolute Gasteiger partial charge is 0.260 e. The molecule has 0 atom stereocenters. The van der Waals surface area contributed by atoms with Gasteiger partial charge in [0, 0.05) is 17.2 Å². The summed E-state index contributed by atoms with van der Waals surface area (Å²) in [6.45, 7) is 1.97. The van der Waals surface area contributed by atoms with Crippen molar-refractivity contribution < 1.29 is 22.3 Å². The number of benzene rings is 3. The summed E-state index contributed by atoms with van der Waals surface area (Å²) in [4.78, 5) is 0. The van der Waals surface area contributed by atoms with E-state index in [1.807, 2.05) is 67.6 Å². The van der Waals surface area contributed by atoms with Crippen LogP contribution in [0.4, 0.5) is 17.6 Å². The molecule has 156 valence electrons. The lowest BCUT2D eigenvalue weighted by molar-refractivity contribution is 0.200. The Hall–Kier alpha value is -3.78. The molecule has 5 heteroatoms. The highest BCUT2D eigenvalue weighted by Gasteiger charge is 2.11. The molecule has 0 aliphatic rings. The third-order valence-corrected chi connectivity index (χ3v) is 4.25. The van der Waals surface area contributed by atoms with Gasteiger partial charge in [0.25, 0.3) is 6.43 Å². The lowest BCUT2D eigenvalue weighted by Crippen LogP contribution is -1.94. The molecule has 0 N–H and O–H groups in total. The van der Waals surface area contributed by atoms with Crippen molar-refractivity contribution in [2.24, 2.45) is 0 Å². The van der Waals surface area contributed by atoms with Crippen molar-refractivity contribution in [3.63, 3.8) is 0 Å². The largest absolute Gasteiger partial charge is 0.459 e. The molecular formula is C26H18F4O. The van der Waals surface area contributed by atoms with Crippen LogP contribution in [0.25, 0.3) is 17.2 Å². The first-order valence-corrected chi connectivity index (χ1v) is 9.42. The van der Waals surface area contributed by atoms with E-state index in [1.165, 1.54) is 0 Å². The van der Waals surface area contributed by atoms with E-state index in [1.54, 1.807) is 0 Å². The van der Waals surface area contributed by atoms with Gasteiger partial charge in [0.15, 0.2) is 17.4 Å². The highest BCUT2D eigenvalue weighted by molar-refractivity contribution is 5.66. The highest BCUT2D eigenvalue weighted by atomic mass is 19.3. The van der Waals surface area contributed by atoms with Crippen molar-refractivity contribution in [1.82, 2.24) is 0 Å². The van der Waals surface area contributed by atoms with Crippen molar-refractivity contribution in [3.05, 3.63) is 107 Å². The number of alkyl halides is 2. The van der Waals surface area contributed by atoms with Crippen LogP contribution in [-0.2, 0) is 0 Å². The zero-order valence-corrected chi connectivity index (χ0v) is 16.6. The lowest BCUT2D eigenvalue weighted by Gasteiger charge is -2.04.